The molecule has 0 radical (unpaired) electrons. The Labute approximate surface area is 484 Å². The summed E-state index contributed by atoms with van der Waals surface area (Å²) in [6.07, 6.45) is 3.24. The molecule has 0 saturated carbocycles. The van der Waals surface area contributed by atoms with Crippen LogP contribution in [0.4, 0.5) is 0 Å². The molecule has 3 aliphatic heterocycles. The van der Waals surface area contributed by atoms with Crippen LogP contribution >= 0.6 is 0 Å². The minimum absolute atomic E-state index is 0.0231. The van der Waals surface area contributed by atoms with Gasteiger partial charge in [0.15, 0.2) is 12.1 Å². The van der Waals surface area contributed by atoms with E-state index in [0.29, 0.717) is 0 Å². The molecule has 472 valence electrons. The van der Waals surface area contributed by atoms with E-state index in [2.05, 4.69) is 16.0 Å². The van der Waals surface area contributed by atoms with E-state index in [1.165, 1.54) is 6.92 Å². The van der Waals surface area contributed by atoms with Crippen LogP contribution in [-0.2, 0) is 42.9 Å². The van der Waals surface area contributed by atoms with Crippen molar-refractivity contribution < 1.29 is 104 Å². The highest BCUT2D eigenvalue weighted by Gasteiger charge is 2.51. The van der Waals surface area contributed by atoms with Gasteiger partial charge in [-0.1, -0.05) is 98.9 Å². The molecule has 2 saturated heterocycles. The van der Waals surface area contributed by atoms with Crippen LogP contribution < -0.4 is 27.4 Å². The van der Waals surface area contributed by atoms with Gasteiger partial charge in [0.05, 0.1) is 86.0 Å². The van der Waals surface area contributed by atoms with Gasteiger partial charge in [0, 0.05) is 57.0 Å². The largest absolute Gasteiger partial charge is 0.481 e. The Balaban J connectivity index is 0.00000213. The van der Waals surface area contributed by atoms with Crippen molar-refractivity contribution in [1.29, 1.82) is 0 Å². The monoisotopic (exact) mass is 1180 g/mol. The van der Waals surface area contributed by atoms with Crippen LogP contribution in [0.25, 0.3) is 0 Å². The predicted octanol–water partition coefficient (Wildman–Crippen LogP) is -1.66. The molecular formula is C57H93N5O21. The van der Waals surface area contributed by atoms with Crippen molar-refractivity contribution >= 4 is 29.7 Å². The Morgan fingerprint density at radius 1 is 0.723 bits per heavy atom. The van der Waals surface area contributed by atoms with Crippen LogP contribution in [0.2, 0.25) is 0 Å². The fourth-order valence-corrected chi connectivity index (χ4v) is 9.24. The molecular weight excluding hydrogens is 1090 g/mol. The van der Waals surface area contributed by atoms with Gasteiger partial charge in [-0.2, -0.15) is 0 Å². The highest BCUT2D eigenvalue weighted by Crippen LogP contribution is 2.38. The number of carboxylic acid groups (broad SMARTS) is 2. The third-order valence-corrected chi connectivity index (χ3v) is 14.1. The van der Waals surface area contributed by atoms with Crippen molar-refractivity contribution in [1.82, 2.24) is 16.0 Å². The summed E-state index contributed by atoms with van der Waals surface area (Å²) in [5.41, 5.74) is 10.7. The first-order chi connectivity index (χ1) is 39.1. The number of carboxylic acids is 2. The molecule has 0 aromatic carbocycles. The number of nitrogens with two attached hydrogens (primary N) is 2. The third-order valence-electron chi connectivity index (χ3n) is 14.1. The number of hydrogen-bond donors (Lipinski definition) is 17. The lowest BCUT2D eigenvalue weighted by atomic mass is 9.82. The summed E-state index contributed by atoms with van der Waals surface area (Å²) in [5.74, 6) is -8.51. The zero-order valence-corrected chi connectivity index (χ0v) is 47.9. The number of carbonyl (C=O) groups is 5. The number of carbonyl (C=O) groups excluding carboxylic acids is 3. The summed E-state index contributed by atoms with van der Waals surface area (Å²) in [6.45, 7) is 6.73. The summed E-state index contributed by atoms with van der Waals surface area (Å²) in [6, 6.07) is -2.28. The normalized spacial score (nSPS) is 38.2. The SMILES string of the molecule is CNCC(=O)N[C@@H]1[C@H](O)[C@H](O[C@H]2/C=C/C=C\C=C/C=C\C=C/C=C\C=C/[C@H](C)[C@@H](O)[C@@H](C)[C@H](C)OC(=O)C[C@H](O)C[C@H](O)CC[C@@H](O)[C@H](O)C[C@H](O)C[C@]3(O)C[C@H](O)[C@@H](C(=O)NCCN)[C@H](C2)O3)O[C@H](C)[C@H]1O.NC(CCC(=O)O)C(=O)O. The molecule has 0 aliphatic carbocycles. The van der Waals surface area contributed by atoms with Crippen molar-refractivity contribution in [2.24, 2.45) is 29.2 Å². The fourth-order valence-electron chi connectivity index (χ4n) is 9.24. The van der Waals surface area contributed by atoms with Gasteiger partial charge in [-0.05, 0) is 46.6 Å². The molecule has 2 bridgehead atoms. The Hall–Kier alpha value is -5.11. The maximum Gasteiger partial charge on any atom is 0.320 e. The maximum atomic E-state index is 13.6. The number of cyclic esters (lactones) is 1. The van der Waals surface area contributed by atoms with Gasteiger partial charge in [0.25, 0.3) is 0 Å². The topological polar surface area (TPSA) is 453 Å². The van der Waals surface area contributed by atoms with Crippen molar-refractivity contribution in [3.8, 4) is 0 Å². The first kappa shape index (κ1) is 74.0. The molecule has 26 heteroatoms. The van der Waals surface area contributed by atoms with E-state index >= 15 is 0 Å². The Morgan fingerprint density at radius 2 is 1.31 bits per heavy atom. The number of aliphatic carboxylic acids is 2. The minimum atomic E-state index is -2.31. The highest BCUT2D eigenvalue weighted by molar-refractivity contribution is 5.80. The summed E-state index contributed by atoms with van der Waals surface area (Å²) < 4.78 is 23.9. The number of aliphatic hydroxyl groups is 10. The van der Waals surface area contributed by atoms with E-state index in [9.17, 15) is 75.0 Å². The van der Waals surface area contributed by atoms with Crippen molar-refractivity contribution in [3.63, 3.8) is 0 Å². The highest BCUT2D eigenvalue weighted by atomic mass is 16.7. The van der Waals surface area contributed by atoms with E-state index in [1.807, 2.05) is 25.2 Å². The van der Waals surface area contributed by atoms with Crippen molar-refractivity contribution in [2.45, 2.75) is 195 Å². The van der Waals surface area contributed by atoms with Crippen LogP contribution in [0.3, 0.4) is 0 Å². The quantitative estimate of drug-likeness (QED) is 0.0973. The number of allylic oxidation sites excluding steroid dienone is 12. The zero-order valence-electron chi connectivity index (χ0n) is 47.9. The van der Waals surface area contributed by atoms with Gasteiger partial charge in [0.1, 0.15) is 24.4 Å². The lowest BCUT2D eigenvalue weighted by Gasteiger charge is -2.46. The number of esters is 1. The van der Waals surface area contributed by atoms with Crippen LogP contribution in [0.15, 0.2) is 85.1 Å². The molecule has 0 aromatic heterocycles. The van der Waals surface area contributed by atoms with E-state index in [4.69, 9.17) is 40.6 Å². The zero-order chi connectivity index (χ0) is 62.4. The van der Waals surface area contributed by atoms with E-state index in [0.717, 1.165) is 0 Å². The molecule has 3 aliphatic rings. The second kappa shape index (κ2) is 38.8. The molecule has 0 aromatic rings. The summed E-state index contributed by atoms with van der Waals surface area (Å²) >= 11 is 0. The predicted molar refractivity (Wildman–Crippen MR) is 302 cm³/mol. The van der Waals surface area contributed by atoms with Gasteiger partial charge in [0.2, 0.25) is 11.8 Å². The number of hydrogen-bond acceptors (Lipinski definition) is 22. The smallest absolute Gasteiger partial charge is 0.320 e. The van der Waals surface area contributed by atoms with Gasteiger partial charge < -0.3 is 108 Å². The lowest BCUT2D eigenvalue weighted by Crippen LogP contribution is -2.64. The second-order valence-electron chi connectivity index (χ2n) is 21.2. The molecule has 0 spiro atoms. The first-order valence-corrected chi connectivity index (χ1v) is 28.0. The number of aliphatic hydroxyl groups excluding tert-OH is 9. The van der Waals surface area contributed by atoms with Crippen molar-refractivity contribution in [2.75, 3.05) is 26.7 Å². The van der Waals surface area contributed by atoms with Gasteiger partial charge >= 0.3 is 17.9 Å². The standard InChI is InChI=1S/C52H84N4O17.C5H9NO4/c1-31-18-16-14-12-10-8-6-7-9-11-13-15-17-19-38(72-51-49(67)46(48(66)34(4)71-51)56-43(63)30-54-5)27-42-45(50(68)55-23-22-53)41(62)29-52(69,73-42)28-37(59)25-40(61)39(60)21-20-35(57)24-36(58)26-44(64)70-33(3)32(2)47(31)65;6-3(5(9)10)1-2-4(7)8/h6-19,31-42,45-49,51,54,57-62,65-67,69H,20-30,53H2,1-5H3,(H,55,68)(H,56,63);3H,1-2,6H2,(H,7,8)(H,9,10)/b7-6-,10-8-,11-9-,14-12-,15-13-,18-16-,19-17+;/t31-,32-,33-,34+,35+,36+,37-,38-,39+,40+,41-,42-,45+,46-,47+,48+,49-,51-,52+;/m0./s1. The van der Waals surface area contributed by atoms with Crippen LogP contribution in [-0.4, -0.2) is 221 Å². The number of rotatable bonds is 12. The van der Waals surface area contributed by atoms with Crippen LogP contribution in [0, 0.1) is 17.8 Å². The molecule has 1 unspecified atom stereocenters. The Bertz CT molecular complexity index is 2180. The van der Waals surface area contributed by atoms with Gasteiger partial charge in [-0.15, -0.1) is 0 Å². The third kappa shape index (κ3) is 28.1. The lowest BCUT2D eigenvalue weighted by molar-refractivity contribution is -0.307. The van der Waals surface area contributed by atoms with Crippen LogP contribution in [0.1, 0.15) is 91.9 Å². The van der Waals surface area contributed by atoms with Crippen molar-refractivity contribution in [3.05, 3.63) is 85.1 Å². The fraction of sp³-hybridized carbons (Fsp3) is 0.667. The van der Waals surface area contributed by atoms with Gasteiger partial charge in [-0.3, -0.25) is 24.0 Å². The molecule has 26 nitrogen and oxygen atoms in total. The average molecular weight is 1180 g/mol. The van der Waals surface area contributed by atoms with E-state index in [-0.39, 0.29) is 64.1 Å². The molecule has 20 atom stereocenters. The average Bonchev–Trinajstić information content (AvgIpc) is 3.55. The van der Waals surface area contributed by atoms with E-state index < -0.39 is 171 Å². The number of ether oxygens (including phenoxy) is 4. The number of likely N-dealkylation sites (N-methyl/N-ethyl adjacent to an activating group) is 1. The van der Waals surface area contributed by atoms with Crippen LogP contribution in [0.5, 0.6) is 0 Å². The molecule has 3 heterocycles. The van der Waals surface area contributed by atoms with Gasteiger partial charge in [-0.25, -0.2) is 0 Å². The second-order valence-corrected chi connectivity index (χ2v) is 21.2. The molecule has 2 amide bonds. The maximum absolute atomic E-state index is 13.6. The molecule has 2 fully saturated rings. The number of fused-ring (bicyclic) bond motifs is 2. The number of nitrogens with one attached hydrogen (secondary N) is 3. The Morgan fingerprint density at radius 3 is 1.88 bits per heavy atom. The minimum Gasteiger partial charge on any atom is -0.481 e. The molecule has 19 N–H and O–H groups in total. The summed E-state index contributed by atoms with van der Waals surface area (Å²) in [7, 11) is 1.55. The molecule has 83 heavy (non-hydrogen) atoms. The Kier molecular flexibility index (Phi) is 34.6. The van der Waals surface area contributed by atoms with E-state index in [1.54, 1.807) is 87.7 Å². The molecule has 3 rings (SSSR count). The first-order valence-electron chi connectivity index (χ1n) is 28.0. The summed E-state index contributed by atoms with van der Waals surface area (Å²) in [5, 5.41) is 135. The number of amides is 2. The summed E-state index contributed by atoms with van der Waals surface area (Å²) in [4.78, 5) is 58.7.